The minimum Gasteiger partial charge on any atom is -0.354 e. The molecule has 0 aliphatic carbocycles. The van der Waals surface area contributed by atoms with Crippen LogP contribution in [0, 0.1) is 5.82 Å². The zero-order chi connectivity index (χ0) is 13.3. The lowest BCUT2D eigenvalue weighted by molar-refractivity contribution is -0.122. The zero-order valence-corrected chi connectivity index (χ0v) is 11.6. The molecule has 2 rings (SSSR count). The molecular weight excluding hydrogens is 327 g/mol. The van der Waals surface area contributed by atoms with Gasteiger partial charge >= 0.3 is 0 Å². The number of piperazine rings is 1. The highest BCUT2D eigenvalue weighted by Gasteiger charge is 2.29. The molecule has 0 saturated carbocycles. The van der Waals surface area contributed by atoms with E-state index in [0.29, 0.717) is 0 Å². The molecule has 18 heavy (non-hydrogen) atoms. The Morgan fingerprint density at radius 1 is 1.39 bits per heavy atom. The highest BCUT2D eigenvalue weighted by Crippen LogP contribution is 2.22. The molecule has 0 bridgehead atoms. The van der Waals surface area contributed by atoms with E-state index in [9.17, 15) is 17.6 Å². The SMILES string of the molecule is O=C1CN(S(=O)(=O)c2ccc(Br)c(F)c2)CCN1. The summed E-state index contributed by atoms with van der Waals surface area (Å²) in [6.45, 7) is 0.211. The second-order valence-corrected chi connectivity index (χ2v) is 6.56. The van der Waals surface area contributed by atoms with Gasteiger partial charge in [-0.05, 0) is 34.1 Å². The van der Waals surface area contributed by atoms with Crippen LogP contribution in [0.1, 0.15) is 0 Å². The number of sulfonamides is 1. The highest BCUT2D eigenvalue weighted by atomic mass is 79.9. The maximum Gasteiger partial charge on any atom is 0.243 e. The molecule has 1 N–H and O–H groups in total. The Kier molecular flexibility index (Phi) is 3.69. The Bertz CT molecular complexity index is 591. The van der Waals surface area contributed by atoms with Crippen LogP contribution in [-0.4, -0.2) is 38.3 Å². The molecule has 1 fully saturated rings. The van der Waals surface area contributed by atoms with E-state index < -0.39 is 15.8 Å². The predicted molar refractivity (Wildman–Crippen MR) is 65.9 cm³/mol. The van der Waals surface area contributed by atoms with Gasteiger partial charge in [0.05, 0.1) is 15.9 Å². The second-order valence-electron chi connectivity index (χ2n) is 3.76. The van der Waals surface area contributed by atoms with Crippen LogP contribution >= 0.6 is 15.9 Å². The summed E-state index contributed by atoms with van der Waals surface area (Å²) in [6, 6.07) is 3.56. The molecule has 1 aromatic rings. The minimum absolute atomic E-state index is 0.155. The fourth-order valence-electron chi connectivity index (χ4n) is 1.61. The lowest BCUT2D eigenvalue weighted by atomic mass is 10.3. The van der Waals surface area contributed by atoms with Gasteiger partial charge in [-0.1, -0.05) is 0 Å². The lowest BCUT2D eigenvalue weighted by Gasteiger charge is -2.25. The molecule has 1 aliphatic rings. The number of rotatable bonds is 2. The van der Waals surface area contributed by atoms with Gasteiger partial charge in [0, 0.05) is 13.1 Å². The number of nitrogens with one attached hydrogen (secondary N) is 1. The van der Waals surface area contributed by atoms with Gasteiger partial charge in [0.1, 0.15) is 5.82 Å². The van der Waals surface area contributed by atoms with Crippen LogP contribution in [0.15, 0.2) is 27.6 Å². The van der Waals surface area contributed by atoms with Gasteiger partial charge in [0.25, 0.3) is 0 Å². The number of carbonyl (C=O) groups is 1. The molecule has 0 atom stereocenters. The highest BCUT2D eigenvalue weighted by molar-refractivity contribution is 9.10. The van der Waals surface area contributed by atoms with E-state index in [2.05, 4.69) is 21.2 Å². The van der Waals surface area contributed by atoms with Crippen molar-refractivity contribution < 1.29 is 17.6 Å². The van der Waals surface area contributed by atoms with E-state index in [1.165, 1.54) is 12.1 Å². The van der Waals surface area contributed by atoms with Gasteiger partial charge in [-0.15, -0.1) is 0 Å². The largest absolute Gasteiger partial charge is 0.354 e. The van der Waals surface area contributed by atoms with E-state index in [-0.39, 0.29) is 34.9 Å². The Labute approximate surface area is 112 Å². The van der Waals surface area contributed by atoms with Gasteiger partial charge in [-0.2, -0.15) is 4.31 Å². The standard InChI is InChI=1S/C10H10BrFN2O3S/c11-8-2-1-7(5-9(8)12)18(16,17)14-4-3-13-10(15)6-14/h1-2,5H,3-4,6H2,(H,13,15). The fourth-order valence-corrected chi connectivity index (χ4v) is 3.26. The van der Waals surface area contributed by atoms with Crippen molar-refractivity contribution in [3.05, 3.63) is 28.5 Å². The molecule has 0 radical (unpaired) electrons. The predicted octanol–water partition coefficient (Wildman–Crippen LogP) is 0.709. The molecule has 0 unspecified atom stereocenters. The van der Waals surface area contributed by atoms with E-state index in [0.717, 1.165) is 10.4 Å². The Balaban J connectivity index is 2.35. The minimum atomic E-state index is -3.82. The summed E-state index contributed by atoms with van der Waals surface area (Å²) in [5.41, 5.74) is 0. The maximum absolute atomic E-state index is 13.3. The first-order valence-corrected chi connectivity index (χ1v) is 7.36. The van der Waals surface area contributed by atoms with Crippen molar-refractivity contribution in [2.24, 2.45) is 0 Å². The average molecular weight is 337 g/mol. The van der Waals surface area contributed by atoms with Crippen molar-refractivity contribution >= 4 is 31.9 Å². The van der Waals surface area contributed by atoms with Crippen molar-refractivity contribution in [1.29, 1.82) is 0 Å². The number of amides is 1. The second kappa shape index (κ2) is 4.94. The van der Waals surface area contributed by atoms with Crippen LogP contribution in [0.25, 0.3) is 0 Å². The topological polar surface area (TPSA) is 66.5 Å². The third-order valence-corrected chi connectivity index (χ3v) is 5.02. The summed E-state index contributed by atoms with van der Waals surface area (Å²) in [7, 11) is -3.82. The first-order chi connectivity index (χ1) is 8.41. The number of benzene rings is 1. The van der Waals surface area contributed by atoms with Crippen molar-refractivity contribution in [1.82, 2.24) is 9.62 Å². The van der Waals surface area contributed by atoms with Gasteiger partial charge in [0.2, 0.25) is 15.9 Å². The number of hydrogen-bond acceptors (Lipinski definition) is 3. The van der Waals surface area contributed by atoms with Gasteiger partial charge in [-0.3, -0.25) is 4.79 Å². The summed E-state index contributed by atoms with van der Waals surface area (Å²) in [5, 5.41) is 2.53. The molecule has 1 aromatic carbocycles. The van der Waals surface area contributed by atoms with Crippen LogP contribution in [0.5, 0.6) is 0 Å². The molecular formula is C10H10BrFN2O3S. The summed E-state index contributed by atoms with van der Waals surface area (Å²) in [4.78, 5) is 11.0. The van der Waals surface area contributed by atoms with E-state index >= 15 is 0 Å². The number of nitrogens with zero attached hydrogens (tertiary/aromatic N) is 1. The maximum atomic E-state index is 13.3. The first kappa shape index (κ1) is 13.4. The normalized spacial score (nSPS) is 17.6. The van der Waals surface area contributed by atoms with Crippen LogP contribution in [0.3, 0.4) is 0 Å². The van der Waals surface area contributed by atoms with Crippen molar-refractivity contribution in [3.8, 4) is 0 Å². The molecule has 8 heteroatoms. The van der Waals surface area contributed by atoms with Crippen LogP contribution in [0.2, 0.25) is 0 Å². The molecule has 1 aliphatic heterocycles. The van der Waals surface area contributed by atoms with Crippen molar-refractivity contribution in [2.45, 2.75) is 4.90 Å². The average Bonchev–Trinajstić information content (AvgIpc) is 2.32. The van der Waals surface area contributed by atoms with Gasteiger partial charge in [0.15, 0.2) is 0 Å². The first-order valence-electron chi connectivity index (χ1n) is 5.13. The van der Waals surface area contributed by atoms with Crippen molar-refractivity contribution in [3.63, 3.8) is 0 Å². The zero-order valence-electron chi connectivity index (χ0n) is 9.19. The van der Waals surface area contributed by atoms with E-state index in [4.69, 9.17) is 0 Å². The van der Waals surface area contributed by atoms with Crippen molar-refractivity contribution in [2.75, 3.05) is 19.6 Å². The molecule has 5 nitrogen and oxygen atoms in total. The lowest BCUT2D eigenvalue weighted by Crippen LogP contribution is -2.49. The summed E-state index contributed by atoms with van der Waals surface area (Å²) in [5.74, 6) is -1.01. The molecule has 1 saturated heterocycles. The van der Waals surface area contributed by atoms with Crippen LogP contribution in [0.4, 0.5) is 4.39 Å². The van der Waals surface area contributed by atoms with Crippen LogP contribution in [-0.2, 0) is 14.8 Å². The Morgan fingerprint density at radius 2 is 2.11 bits per heavy atom. The number of carbonyl (C=O) groups excluding carboxylic acids is 1. The number of halogens is 2. The Morgan fingerprint density at radius 3 is 2.72 bits per heavy atom. The third kappa shape index (κ3) is 2.55. The van der Waals surface area contributed by atoms with Gasteiger partial charge < -0.3 is 5.32 Å². The van der Waals surface area contributed by atoms with Crippen LogP contribution < -0.4 is 5.32 Å². The number of hydrogen-bond donors (Lipinski definition) is 1. The molecule has 1 amide bonds. The quantitative estimate of drug-likeness (QED) is 0.864. The van der Waals surface area contributed by atoms with Gasteiger partial charge in [-0.25, -0.2) is 12.8 Å². The fraction of sp³-hybridized carbons (Fsp3) is 0.300. The van der Waals surface area contributed by atoms with E-state index in [1.807, 2.05) is 0 Å². The summed E-state index contributed by atoms with van der Waals surface area (Å²) in [6.07, 6.45) is 0. The Hall–Kier alpha value is -0.990. The summed E-state index contributed by atoms with van der Waals surface area (Å²) >= 11 is 2.95. The van der Waals surface area contributed by atoms with E-state index in [1.54, 1.807) is 0 Å². The molecule has 1 heterocycles. The smallest absolute Gasteiger partial charge is 0.243 e. The molecule has 98 valence electrons. The monoisotopic (exact) mass is 336 g/mol. The molecule has 0 aromatic heterocycles. The molecule has 0 spiro atoms. The third-order valence-electron chi connectivity index (χ3n) is 2.53. The summed E-state index contributed by atoms with van der Waals surface area (Å²) < 4.78 is 38.9.